The molecule has 3 nitrogen and oxygen atoms in total. The number of para-hydroxylation sites is 2. The van der Waals surface area contributed by atoms with Gasteiger partial charge in [0, 0.05) is 11.6 Å². The first-order valence-corrected chi connectivity index (χ1v) is 7.05. The number of benzene rings is 2. The van der Waals surface area contributed by atoms with Gasteiger partial charge in [-0.2, -0.15) is 0 Å². The first kappa shape index (κ1) is 13.2. The molecule has 0 saturated heterocycles. The molecule has 3 rings (SSSR count). The molecule has 0 aliphatic carbocycles. The van der Waals surface area contributed by atoms with Gasteiger partial charge in [0.25, 0.3) is 0 Å². The van der Waals surface area contributed by atoms with Crippen LogP contribution in [0.2, 0.25) is 5.02 Å². The number of halogens is 1. The Labute approximate surface area is 123 Å². The lowest BCUT2D eigenvalue weighted by molar-refractivity contribution is 0.671. The van der Waals surface area contributed by atoms with Gasteiger partial charge in [-0.15, -0.1) is 0 Å². The highest BCUT2D eigenvalue weighted by atomic mass is 35.5. The molecule has 2 N–H and O–H groups in total. The van der Waals surface area contributed by atoms with E-state index < -0.39 is 0 Å². The maximum Gasteiger partial charge on any atom is 0.131 e. The fraction of sp³-hybridized carbons (Fsp3) is 0.188. The predicted molar refractivity (Wildman–Crippen MR) is 82.9 cm³/mol. The standard InChI is InChI=1S/C16H16ClN3/c1-2-20-14-10-6-5-9-13(14)19-16(20)15(18)11-7-3-4-8-12(11)17/h3-10,15H,2,18H2,1H3. The summed E-state index contributed by atoms with van der Waals surface area (Å²) in [5.41, 5.74) is 9.36. The summed E-state index contributed by atoms with van der Waals surface area (Å²) < 4.78 is 2.14. The van der Waals surface area contributed by atoms with Gasteiger partial charge in [-0.25, -0.2) is 4.98 Å². The van der Waals surface area contributed by atoms with E-state index >= 15 is 0 Å². The molecule has 0 aliphatic rings. The summed E-state index contributed by atoms with van der Waals surface area (Å²) in [6.45, 7) is 2.92. The number of aromatic nitrogens is 2. The Morgan fingerprint density at radius 3 is 2.60 bits per heavy atom. The minimum Gasteiger partial charge on any atom is -0.327 e. The third kappa shape index (κ3) is 2.09. The van der Waals surface area contributed by atoms with Crippen LogP contribution in [0, 0.1) is 0 Å². The van der Waals surface area contributed by atoms with Crippen LogP contribution in [0.5, 0.6) is 0 Å². The largest absolute Gasteiger partial charge is 0.327 e. The summed E-state index contributed by atoms with van der Waals surface area (Å²) in [6, 6.07) is 15.4. The van der Waals surface area contributed by atoms with Crippen molar-refractivity contribution in [2.24, 2.45) is 5.73 Å². The molecule has 3 aromatic rings. The molecule has 0 bridgehead atoms. The molecule has 1 heterocycles. The molecule has 0 fully saturated rings. The third-order valence-electron chi connectivity index (χ3n) is 3.52. The van der Waals surface area contributed by atoms with Crippen molar-refractivity contribution >= 4 is 22.6 Å². The molecule has 20 heavy (non-hydrogen) atoms. The number of nitrogens with zero attached hydrogens (tertiary/aromatic N) is 2. The van der Waals surface area contributed by atoms with Crippen molar-refractivity contribution in [2.75, 3.05) is 0 Å². The second-order valence-corrected chi connectivity index (χ2v) is 5.11. The van der Waals surface area contributed by atoms with E-state index in [1.165, 1.54) is 0 Å². The lowest BCUT2D eigenvalue weighted by Crippen LogP contribution is -2.18. The van der Waals surface area contributed by atoms with E-state index in [-0.39, 0.29) is 6.04 Å². The topological polar surface area (TPSA) is 43.8 Å². The predicted octanol–water partition coefficient (Wildman–Crippen LogP) is 3.76. The van der Waals surface area contributed by atoms with Crippen LogP contribution in [-0.4, -0.2) is 9.55 Å². The Bertz CT molecular complexity index is 748. The zero-order valence-electron chi connectivity index (χ0n) is 11.3. The van der Waals surface area contributed by atoms with E-state index in [0.717, 1.165) is 29.0 Å². The summed E-state index contributed by atoms with van der Waals surface area (Å²) in [4.78, 5) is 4.68. The second-order valence-electron chi connectivity index (χ2n) is 4.70. The molecule has 0 saturated carbocycles. The molecule has 0 aliphatic heterocycles. The van der Waals surface area contributed by atoms with Gasteiger partial charge in [-0.1, -0.05) is 41.9 Å². The zero-order chi connectivity index (χ0) is 14.1. The highest BCUT2D eigenvalue weighted by molar-refractivity contribution is 6.31. The lowest BCUT2D eigenvalue weighted by Gasteiger charge is -2.15. The molecular weight excluding hydrogens is 270 g/mol. The molecule has 0 radical (unpaired) electrons. The number of rotatable bonds is 3. The van der Waals surface area contributed by atoms with Crippen LogP contribution in [0.4, 0.5) is 0 Å². The number of imidazole rings is 1. The quantitative estimate of drug-likeness (QED) is 0.796. The minimum absolute atomic E-state index is 0.323. The van der Waals surface area contributed by atoms with Crippen LogP contribution in [0.15, 0.2) is 48.5 Å². The van der Waals surface area contributed by atoms with E-state index in [0.29, 0.717) is 5.02 Å². The summed E-state index contributed by atoms with van der Waals surface area (Å²) in [6.07, 6.45) is 0. The molecule has 0 spiro atoms. The van der Waals surface area contributed by atoms with Gasteiger partial charge < -0.3 is 10.3 Å². The molecule has 2 aromatic carbocycles. The molecule has 1 atom stereocenters. The summed E-state index contributed by atoms with van der Waals surface area (Å²) >= 11 is 6.25. The van der Waals surface area contributed by atoms with Crippen LogP contribution in [0.3, 0.4) is 0 Å². The average molecular weight is 286 g/mol. The Kier molecular flexibility index (Phi) is 3.47. The first-order valence-electron chi connectivity index (χ1n) is 6.67. The third-order valence-corrected chi connectivity index (χ3v) is 3.86. The number of fused-ring (bicyclic) bond motifs is 1. The molecule has 0 amide bonds. The lowest BCUT2D eigenvalue weighted by atomic mass is 10.1. The van der Waals surface area contributed by atoms with Crippen LogP contribution < -0.4 is 5.73 Å². The van der Waals surface area contributed by atoms with Gasteiger partial charge in [-0.05, 0) is 30.7 Å². The van der Waals surface area contributed by atoms with Gasteiger partial charge in [-0.3, -0.25) is 0 Å². The van der Waals surface area contributed by atoms with Gasteiger partial charge in [0.2, 0.25) is 0 Å². The maximum atomic E-state index is 6.39. The van der Waals surface area contributed by atoms with Crippen molar-refractivity contribution in [1.82, 2.24) is 9.55 Å². The van der Waals surface area contributed by atoms with Crippen LogP contribution >= 0.6 is 11.6 Å². The fourth-order valence-electron chi connectivity index (χ4n) is 2.53. The minimum atomic E-state index is -0.323. The van der Waals surface area contributed by atoms with Crippen molar-refractivity contribution < 1.29 is 0 Å². The number of aryl methyl sites for hydroxylation is 1. The number of hydrogen-bond acceptors (Lipinski definition) is 2. The number of hydrogen-bond donors (Lipinski definition) is 1. The highest BCUT2D eigenvalue weighted by Crippen LogP contribution is 2.28. The number of nitrogens with two attached hydrogens (primary N) is 1. The Hall–Kier alpha value is -1.84. The van der Waals surface area contributed by atoms with Gasteiger partial charge in [0.1, 0.15) is 5.82 Å². The van der Waals surface area contributed by atoms with Crippen LogP contribution in [0.1, 0.15) is 24.4 Å². The zero-order valence-corrected chi connectivity index (χ0v) is 12.0. The Balaban J connectivity index is 2.17. The average Bonchev–Trinajstić information content (AvgIpc) is 2.85. The molecular formula is C16H16ClN3. The normalized spacial score (nSPS) is 12.8. The Morgan fingerprint density at radius 1 is 1.15 bits per heavy atom. The summed E-state index contributed by atoms with van der Waals surface area (Å²) in [7, 11) is 0. The van der Waals surface area contributed by atoms with Crippen LogP contribution in [0.25, 0.3) is 11.0 Å². The first-order chi connectivity index (χ1) is 9.72. The summed E-state index contributed by atoms with van der Waals surface area (Å²) in [5, 5.41) is 0.676. The maximum absolute atomic E-state index is 6.39. The smallest absolute Gasteiger partial charge is 0.131 e. The fourth-order valence-corrected chi connectivity index (χ4v) is 2.78. The highest BCUT2D eigenvalue weighted by Gasteiger charge is 2.19. The van der Waals surface area contributed by atoms with Crippen molar-refractivity contribution in [3.63, 3.8) is 0 Å². The van der Waals surface area contributed by atoms with Gasteiger partial charge >= 0.3 is 0 Å². The van der Waals surface area contributed by atoms with E-state index in [1.807, 2.05) is 42.5 Å². The van der Waals surface area contributed by atoms with Gasteiger partial charge in [0.05, 0.1) is 17.1 Å². The van der Waals surface area contributed by atoms with E-state index in [1.54, 1.807) is 0 Å². The van der Waals surface area contributed by atoms with E-state index in [4.69, 9.17) is 17.3 Å². The Morgan fingerprint density at radius 2 is 1.85 bits per heavy atom. The molecule has 102 valence electrons. The van der Waals surface area contributed by atoms with Gasteiger partial charge in [0.15, 0.2) is 0 Å². The molecule has 1 aromatic heterocycles. The van der Waals surface area contributed by atoms with Crippen molar-refractivity contribution in [1.29, 1.82) is 0 Å². The van der Waals surface area contributed by atoms with Crippen molar-refractivity contribution in [3.05, 3.63) is 64.9 Å². The molecule has 4 heteroatoms. The monoisotopic (exact) mass is 285 g/mol. The van der Waals surface area contributed by atoms with E-state index in [2.05, 4.69) is 22.5 Å². The second kappa shape index (κ2) is 5.27. The van der Waals surface area contributed by atoms with E-state index in [9.17, 15) is 0 Å². The van der Waals surface area contributed by atoms with Crippen molar-refractivity contribution in [2.45, 2.75) is 19.5 Å². The summed E-state index contributed by atoms with van der Waals surface area (Å²) in [5.74, 6) is 0.849. The SMILES string of the molecule is CCn1c(C(N)c2ccccc2Cl)nc2ccccc21. The van der Waals surface area contributed by atoms with Crippen molar-refractivity contribution in [3.8, 4) is 0 Å². The molecule has 1 unspecified atom stereocenters. The van der Waals surface area contributed by atoms with Crippen LogP contribution in [-0.2, 0) is 6.54 Å².